The zero-order valence-corrected chi connectivity index (χ0v) is 9.51. The molecule has 0 saturated heterocycles. The van der Waals surface area contributed by atoms with Crippen LogP contribution in [0.1, 0.15) is 42.4 Å². The first-order valence-electron chi connectivity index (χ1n) is 5.46. The van der Waals surface area contributed by atoms with Crippen LogP contribution in [0.15, 0.2) is 18.2 Å². The topological polar surface area (TPSA) is 26.0 Å². The van der Waals surface area contributed by atoms with E-state index in [0.717, 1.165) is 13.0 Å². The van der Waals surface area contributed by atoms with Crippen LogP contribution in [0.2, 0.25) is 0 Å². The van der Waals surface area contributed by atoms with E-state index in [1.54, 1.807) is 0 Å². The zero-order chi connectivity index (χ0) is 10.6. The minimum atomic E-state index is 0.639. The van der Waals surface area contributed by atoms with Crippen LogP contribution in [0.3, 0.4) is 0 Å². The van der Waals surface area contributed by atoms with Gasteiger partial charge in [-0.15, -0.1) is 0 Å². The molecule has 0 aliphatic carbocycles. The number of hydrogen-bond donors (Lipinski definition) is 1. The maximum atomic E-state index is 5.62. The molecule has 0 amide bonds. The fraction of sp³-hybridized carbons (Fsp3) is 0.538. The molecule has 1 aromatic carbocycles. The van der Waals surface area contributed by atoms with Crippen molar-refractivity contribution >= 4 is 0 Å². The highest BCUT2D eigenvalue weighted by Crippen LogP contribution is 2.26. The molecule has 1 unspecified atom stereocenters. The fourth-order valence-corrected chi connectivity index (χ4v) is 2.06. The summed E-state index contributed by atoms with van der Waals surface area (Å²) in [6, 6.07) is 6.71. The van der Waals surface area contributed by atoms with Gasteiger partial charge in [-0.05, 0) is 50.3 Å². The second-order valence-electron chi connectivity index (χ2n) is 4.04. The molecule has 78 valence electrons. The highest BCUT2D eigenvalue weighted by atomic mass is 14.5. The molecule has 1 rings (SSSR count). The highest BCUT2D eigenvalue weighted by Gasteiger charge is 2.10. The summed E-state index contributed by atoms with van der Waals surface area (Å²) in [5.41, 5.74) is 9.85. The van der Waals surface area contributed by atoms with Gasteiger partial charge in [0.25, 0.3) is 0 Å². The summed E-state index contributed by atoms with van der Waals surface area (Å²) in [6.07, 6.45) is 2.28. The van der Waals surface area contributed by atoms with Gasteiger partial charge in [0.2, 0.25) is 0 Å². The lowest BCUT2D eigenvalue weighted by atomic mass is 9.89. The Hall–Kier alpha value is -0.820. The molecule has 0 aromatic heterocycles. The second-order valence-corrected chi connectivity index (χ2v) is 4.04. The van der Waals surface area contributed by atoms with Gasteiger partial charge in [0.1, 0.15) is 0 Å². The standard InChI is InChI=1S/C13H21N/c1-4-12(7-8-14)13-6-5-10(2)9-11(13)3/h5-6,9,12H,4,7-8,14H2,1-3H3. The molecular weight excluding hydrogens is 170 g/mol. The van der Waals surface area contributed by atoms with E-state index >= 15 is 0 Å². The largest absolute Gasteiger partial charge is 0.330 e. The van der Waals surface area contributed by atoms with Crippen LogP contribution >= 0.6 is 0 Å². The third-order valence-electron chi connectivity index (χ3n) is 2.87. The molecule has 2 N–H and O–H groups in total. The first-order chi connectivity index (χ1) is 6.69. The van der Waals surface area contributed by atoms with Gasteiger partial charge in [0, 0.05) is 0 Å². The van der Waals surface area contributed by atoms with E-state index in [4.69, 9.17) is 5.73 Å². The number of benzene rings is 1. The molecular formula is C13H21N. The summed E-state index contributed by atoms with van der Waals surface area (Å²) in [7, 11) is 0. The van der Waals surface area contributed by atoms with Crippen molar-refractivity contribution < 1.29 is 0 Å². The van der Waals surface area contributed by atoms with Crippen molar-refractivity contribution in [3.05, 3.63) is 34.9 Å². The molecule has 14 heavy (non-hydrogen) atoms. The smallest absolute Gasteiger partial charge is 0.00714 e. The molecule has 0 radical (unpaired) electrons. The predicted molar refractivity (Wildman–Crippen MR) is 62.6 cm³/mol. The Morgan fingerprint density at radius 3 is 2.50 bits per heavy atom. The third-order valence-corrected chi connectivity index (χ3v) is 2.87. The molecule has 1 atom stereocenters. The molecule has 0 bridgehead atoms. The average Bonchev–Trinajstić information content (AvgIpc) is 2.15. The Morgan fingerprint density at radius 1 is 1.29 bits per heavy atom. The maximum absolute atomic E-state index is 5.62. The SMILES string of the molecule is CCC(CCN)c1ccc(C)cc1C. The summed E-state index contributed by atoms with van der Waals surface area (Å²) in [4.78, 5) is 0. The van der Waals surface area contributed by atoms with Crippen molar-refractivity contribution in [2.24, 2.45) is 5.73 Å². The van der Waals surface area contributed by atoms with Crippen molar-refractivity contribution in [1.29, 1.82) is 0 Å². The molecule has 0 aliphatic rings. The fourth-order valence-electron chi connectivity index (χ4n) is 2.06. The van der Waals surface area contributed by atoms with E-state index < -0.39 is 0 Å². The molecule has 1 nitrogen and oxygen atoms in total. The van der Waals surface area contributed by atoms with Crippen LogP contribution in [0.25, 0.3) is 0 Å². The van der Waals surface area contributed by atoms with Gasteiger partial charge < -0.3 is 5.73 Å². The van der Waals surface area contributed by atoms with E-state index in [2.05, 4.69) is 39.0 Å². The molecule has 1 heteroatoms. The van der Waals surface area contributed by atoms with Crippen LogP contribution in [0.5, 0.6) is 0 Å². The summed E-state index contributed by atoms with van der Waals surface area (Å²) >= 11 is 0. The minimum Gasteiger partial charge on any atom is -0.330 e. The Bertz CT molecular complexity index is 291. The third kappa shape index (κ3) is 2.58. The lowest BCUT2D eigenvalue weighted by Gasteiger charge is -2.17. The van der Waals surface area contributed by atoms with Crippen molar-refractivity contribution in [1.82, 2.24) is 0 Å². The van der Waals surface area contributed by atoms with Gasteiger partial charge in [-0.3, -0.25) is 0 Å². The number of aryl methyl sites for hydroxylation is 2. The highest BCUT2D eigenvalue weighted by molar-refractivity contribution is 5.33. The van der Waals surface area contributed by atoms with Crippen LogP contribution < -0.4 is 5.73 Å². The summed E-state index contributed by atoms with van der Waals surface area (Å²) in [5, 5.41) is 0. The first-order valence-corrected chi connectivity index (χ1v) is 5.46. The lowest BCUT2D eigenvalue weighted by molar-refractivity contribution is 0.611. The predicted octanol–water partition coefficient (Wildman–Crippen LogP) is 3.15. The van der Waals surface area contributed by atoms with E-state index in [9.17, 15) is 0 Å². The van der Waals surface area contributed by atoms with Crippen LogP contribution in [-0.4, -0.2) is 6.54 Å². The van der Waals surface area contributed by atoms with Gasteiger partial charge in [-0.2, -0.15) is 0 Å². The normalized spacial score (nSPS) is 12.9. The number of hydrogen-bond acceptors (Lipinski definition) is 1. The van der Waals surface area contributed by atoms with Gasteiger partial charge in [0.05, 0.1) is 0 Å². The molecule has 0 fully saturated rings. The summed E-state index contributed by atoms with van der Waals surface area (Å²) < 4.78 is 0. The monoisotopic (exact) mass is 191 g/mol. The molecule has 0 spiro atoms. The van der Waals surface area contributed by atoms with Crippen LogP contribution in [0, 0.1) is 13.8 Å². The Balaban J connectivity index is 2.92. The summed E-state index contributed by atoms with van der Waals surface area (Å²) in [5.74, 6) is 0.639. The molecule has 0 saturated carbocycles. The van der Waals surface area contributed by atoms with E-state index in [1.807, 2.05) is 0 Å². The van der Waals surface area contributed by atoms with Gasteiger partial charge in [-0.1, -0.05) is 30.7 Å². The van der Waals surface area contributed by atoms with Crippen molar-refractivity contribution in [2.75, 3.05) is 6.54 Å². The van der Waals surface area contributed by atoms with Crippen molar-refractivity contribution in [2.45, 2.75) is 39.5 Å². The van der Waals surface area contributed by atoms with Gasteiger partial charge in [-0.25, -0.2) is 0 Å². The molecule has 0 heterocycles. The Kier molecular flexibility index (Phi) is 4.15. The second kappa shape index (κ2) is 5.16. The van der Waals surface area contributed by atoms with E-state index in [-0.39, 0.29) is 0 Å². The Labute approximate surface area is 87.3 Å². The lowest BCUT2D eigenvalue weighted by Crippen LogP contribution is -2.08. The summed E-state index contributed by atoms with van der Waals surface area (Å²) in [6.45, 7) is 7.35. The van der Waals surface area contributed by atoms with Crippen molar-refractivity contribution in [3.63, 3.8) is 0 Å². The van der Waals surface area contributed by atoms with Crippen LogP contribution in [-0.2, 0) is 0 Å². The van der Waals surface area contributed by atoms with Crippen LogP contribution in [0.4, 0.5) is 0 Å². The average molecular weight is 191 g/mol. The minimum absolute atomic E-state index is 0.639. The van der Waals surface area contributed by atoms with Crippen molar-refractivity contribution in [3.8, 4) is 0 Å². The quantitative estimate of drug-likeness (QED) is 0.777. The van der Waals surface area contributed by atoms with E-state index in [0.29, 0.717) is 5.92 Å². The maximum Gasteiger partial charge on any atom is -0.00714 e. The first kappa shape index (κ1) is 11.3. The van der Waals surface area contributed by atoms with Gasteiger partial charge >= 0.3 is 0 Å². The Morgan fingerprint density at radius 2 is 2.00 bits per heavy atom. The molecule has 0 aliphatic heterocycles. The zero-order valence-electron chi connectivity index (χ0n) is 9.51. The van der Waals surface area contributed by atoms with Gasteiger partial charge in [0.15, 0.2) is 0 Å². The number of rotatable bonds is 4. The van der Waals surface area contributed by atoms with E-state index in [1.165, 1.54) is 23.1 Å². The molecule has 1 aromatic rings. The number of nitrogens with two attached hydrogens (primary N) is 1.